The average Bonchev–Trinajstić information content (AvgIpc) is 2.20. The molecule has 1 fully saturated rings. The normalized spacial score (nSPS) is 22.4. The van der Waals surface area contributed by atoms with Crippen molar-refractivity contribution in [3.63, 3.8) is 0 Å². The van der Waals surface area contributed by atoms with Crippen LogP contribution in [-0.2, 0) is 9.53 Å². The molecular formula is C13H26N2O2. The monoisotopic (exact) mass is 242 g/mol. The van der Waals surface area contributed by atoms with Crippen molar-refractivity contribution in [2.75, 3.05) is 20.3 Å². The maximum absolute atomic E-state index is 12.4. The summed E-state index contributed by atoms with van der Waals surface area (Å²) in [5.74, 6) is 0.215. The van der Waals surface area contributed by atoms with Gasteiger partial charge in [-0.05, 0) is 26.7 Å². The molecule has 4 heteroatoms. The molecule has 1 aliphatic rings. The Labute approximate surface area is 105 Å². The molecule has 100 valence electrons. The highest BCUT2D eigenvalue weighted by Gasteiger charge is 2.37. The highest BCUT2D eigenvalue weighted by Crippen LogP contribution is 2.22. The number of amides is 1. The lowest BCUT2D eigenvalue weighted by Gasteiger charge is -2.43. The van der Waals surface area contributed by atoms with E-state index in [4.69, 9.17) is 4.74 Å². The molecule has 0 aromatic carbocycles. The second kappa shape index (κ2) is 5.83. The van der Waals surface area contributed by atoms with Crippen molar-refractivity contribution in [1.29, 1.82) is 0 Å². The largest absolute Gasteiger partial charge is 0.382 e. The molecule has 1 atom stereocenters. The zero-order chi connectivity index (χ0) is 13.1. The number of likely N-dealkylation sites (tertiary alicyclic amines) is 1. The fourth-order valence-electron chi connectivity index (χ4n) is 2.46. The van der Waals surface area contributed by atoms with Gasteiger partial charge in [-0.3, -0.25) is 4.79 Å². The van der Waals surface area contributed by atoms with Crippen molar-refractivity contribution in [2.45, 2.75) is 58.2 Å². The van der Waals surface area contributed by atoms with Gasteiger partial charge < -0.3 is 15.0 Å². The molecule has 0 bridgehead atoms. The molecule has 0 radical (unpaired) electrons. The Bertz CT molecular complexity index is 264. The number of ether oxygens (including phenoxy) is 1. The van der Waals surface area contributed by atoms with E-state index in [0.717, 1.165) is 19.4 Å². The highest BCUT2D eigenvalue weighted by atomic mass is 16.5. The third kappa shape index (κ3) is 3.68. The van der Waals surface area contributed by atoms with Crippen LogP contribution in [0.2, 0.25) is 0 Å². The van der Waals surface area contributed by atoms with E-state index in [1.54, 1.807) is 7.11 Å². The Balaban J connectivity index is 2.70. The molecule has 1 saturated heterocycles. The summed E-state index contributed by atoms with van der Waals surface area (Å²) in [4.78, 5) is 14.3. The van der Waals surface area contributed by atoms with Gasteiger partial charge in [0.25, 0.3) is 0 Å². The van der Waals surface area contributed by atoms with Gasteiger partial charge in [0, 0.05) is 19.7 Å². The summed E-state index contributed by atoms with van der Waals surface area (Å²) < 4.78 is 5.21. The lowest BCUT2D eigenvalue weighted by atomic mass is 9.96. The number of methoxy groups -OCH3 is 1. The highest BCUT2D eigenvalue weighted by molar-refractivity contribution is 5.83. The van der Waals surface area contributed by atoms with E-state index in [1.165, 1.54) is 0 Å². The molecule has 17 heavy (non-hydrogen) atoms. The Kier molecular flexibility index (Phi) is 4.95. The van der Waals surface area contributed by atoms with Gasteiger partial charge in [0.2, 0.25) is 5.91 Å². The molecule has 0 aliphatic carbocycles. The minimum atomic E-state index is -0.219. The van der Waals surface area contributed by atoms with E-state index >= 15 is 0 Å². The quantitative estimate of drug-likeness (QED) is 0.792. The number of piperidine rings is 1. The van der Waals surface area contributed by atoms with Crippen molar-refractivity contribution in [1.82, 2.24) is 10.2 Å². The number of rotatable bonds is 5. The predicted molar refractivity (Wildman–Crippen MR) is 69.0 cm³/mol. The Hall–Kier alpha value is -0.610. The van der Waals surface area contributed by atoms with Crippen LogP contribution in [0.4, 0.5) is 0 Å². The van der Waals surface area contributed by atoms with Gasteiger partial charge in [0.05, 0.1) is 18.2 Å². The topological polar surface area (TPSA) is 41.6 Å². The third-order valence-electron chi connectivity index (χ3n) is 3.20. The van der Waals surface area contributed by atoms with Crippen molar-refractivity contribution in [2.24, 2.45) is 0 Å². The summed E-state index contributed by atoms with van der Waals surface area (Å²) >= 11 is 0. The summed E-state index contributed by atoms with van der Waals surface area (Å²) in [5, 5.41) is 3.34. The zero-order valence-corrected chi connectivity index (χ0v) is 11.7. The van der Waals surface area contributed by atoms with Crippen molar-refractivity contribution in [3.05, 3.63) is 0 Å². The van der Waals surface area contributed by atoms with Crippen LogP contribution in [0.1, 0.15) is 40.5 Å². The van der Waals surface area contributed by atoms with Gasteiger partial charge >= 0.3 is 0 Å². The minimum absolute atomic E-state index is 0.0279. The Morgan fingerprint density at radius 3 is 2.71 bits per heavy atom. The van der Waals surface area contributed by atoms with Crippen LogP contribution in [0.25, 0.3) is 0 Å². The molecule has 4 nitrogen and oxygen atoms in total. The SMILES string of the molecule is COCC(C)(C)N1CCCC(NC(C)C)C1=O. The van der Waals surface area contributed by atoms with Crippen molar-refractivity contribution >= 4 is 5.91 Å². The molecule has 1 rings (SSSR count). The van der Waals surface area contributed by atoms with Crippen LogP contribution < -0.4 is 5.32 Å². The van der Waals surface area contributed by atoms with Gasteiger partial charge in [-0.2, -0.15) is 0 Å². The summed E-state index contributed by atoms with van der Waals surface area (Å²) in [5.41, 5.74) is -0.219. The van der Waals surface area contributed by atoms with Crippen LogP contribution in [0.15, 0.2) is 0 Å². The van der Waals surface area contributed by atoms with E-state index in [-0.39, 0.29) is 17.5 Å². The second-order valence-electron chi connectivity index (χ2n) is 5.75. The average molecular weight is 242 g/mol. The van der Waals surface area contributed by atoms with Crippen LogP contribution in [0.3, 0.4) is 0 Å². The van der Waals surface area contributed by atoms with E-state index in [0.29, 0.717) is 12.6 Å². The minimum Gasteiger partial charge on any atom is -0.382 e. The molecular weight excluding hydrogens is 216 g/mol. The molecule has 1 aliphatic heterocycles. The molecule has 1 amide bonds. The Morgan fingerprint density at radius 2 is 2.18 bits per heavy atom. The number of hydrogen-bond donors (Lipinski definition) is 1. The third-order valence-corrected chi connectivity index (χ3v) is 3.20. The number of nitrogens with zero attached hydrogens (tertiary/aromatic N) is 1. The summed E-state index contributed by atoms with van der Waals surface area (Å²) in [6.07, 6.45) is 2.00. The molecule has 1 unspecified atom stereocenters. The number of carbonyl (C=O) groups is 1. The first kappa shape index (κ1) is 14.5. The van der Waals surface area contributed by atoms with Gasteiger partial charge in [-0.15, -0.1) is 0 Å². The van der Waals surface area contributed by atoms with E-state index in [9.17, 15) is 4.79 Å². The molecule has 1 heterocycles. The molecule has 1 N–H and O–H groups in total. The maximum Gasteiger partial charge on any atom is 0.240 e. The number of carbonyl (C=O) groups excluding carboxylic acids is 1. The van der Waals surface area contributed by atoms with Crippen LogP contribution >= 0.6 is 0 Å². The Morgan fingerprint density at radius 1 is 1.53 bits per heavy atom. The summed E-state index contributed by atoms with van der Waals surface area (Å²) in [7, 11) is 1.68. The molecule has 0 saturated carbocycles. The van der Waals surface area contributed by atoms with Crippen LogP contribution in [-0.4, -0.2) is 48.7 Å². The van der Waals surface area contributed by atoms with E-state index in [2.05, 4.69) is 33.0 Å². The van der Waals surface area contributed by atoms with Gasteiger partial charge in [0.15, 0.2) is 0 Å². The van der Waals surface area contributed by atoms with Gasteiger partial charge in [-0.25, -0.2) is 0 Å². The lowest BCUT2D eigenvalue weighted by molar-refractivity contribution is -0.144. The van der Waals surface area contributed by atoms with E-state index < -0.39 is 0 Å². The maximum atomic E-state index is 12.4. The first-order valence-electron chi connectivity index (χ1n) is 6.45. The first-order chi connectivity index (χ1) is 7.88. The fraction of sp³-hybridized carbons (Fsp3) is 0.923. The van der Waals surface area contributed by atoms with Crippen LogP contribution in [0, 0.1) is 0 Å². The summed E-state index contributed by atoms with van der Waals surface area (Å²) in [6, 6.07) is 0.314. The lowest BCUT2D eigenvalue weighted by Crippen LogP contribution is -2.60. The standard InChI is InChI=1S/C13H26N2O2/c1-10(2)14-11-7-6-8-15(12(11)16)13(3,4)9-17-5/h10-11,14H,6-9H2,1-5H3. The van der Waals surface area contributed by atoms with E-state index in [1.807, 2.05) is 4.90 Å². The summed E-state index contributed by atoms with van der Waals surface area (Å²) in [6.45, 7) is 9.69. The van der Waals surface area contributed by atoms with Gasteiger partial charge in [-0.1, -0.05) is 13.8 Å². The van der Waals surface area contributed by atoms with Crippen molar-refractivity contribution in [3.8, 4) is 0 Å². The smallest absolute Gasteiger partial charge is 0.240 e. The zero-order valence-electron chi connectivity index (χ0n) is 11.7. The first-order valence-corrected chi connectivity index (χ1v) is 6.45. The molecule has 0 aromatic heterocycles. The predicted octanol–water partition coefficient (Wildman–Crippen LogP) is 1.40. The fourth-order valence-corrected chi connectivity index (χ4v) is 2.46. The van der Waals surface area contributed by atoms with Gasteiger partial charge in [0.1, 0.15) is 0 Å². The van der Waals surface area contributed by atoms with Crippen molar-refractivity contribution < 1.29 is 9.53 Å². The van der Waals surface area contributed by atoms with Crippen LogP contribution in [0.5, 0.6) is 0 Å². The number of hydrogen-bond acceptors (Lipinski definition) is 3. The molecule has 0 spiro atoms. The second-order valence-corrected chi connectivity index (χ2v) is 5.75. The molecule has 0 aromatic rings. The number of nitrogens with one attached hydrogen (secondary N) is 1.